The second kappa shape index (κ2) is 6.45. The fourth-order valence-electron chi connectivity index (χ4n) is 2.06. The largest absolute Gasteiger partial charge is 0.378 e. The highest BCUT2D eigenvalue weighted by Gasteiger charge is 2.15. The van der Waals surface area contributed by atoms with Gasteiger partial charge in [-0.1, -0.05) is 0 Å². The van der Waals surface area contributed by atoms with Crippen molar-refractivity contribution in [2.24, 2.45) is 0 Å². The number of aromatic amines is 1. The van der Waals surface area contributed by atoms with Crippen molar-refractivity contribution >= 4 is 29.5 Å². The Labute approximate surface area is 116 Å². The topological polar surface area (TPSA) is 54.1 Å². The van der Waals surface area contributed by atoms with Crippen LogP contribution in [0.25, 0.3) is 0 Å². The third-order valence-corrected chi connectivity index (χ3v) is 4.39. The summed E-state index contributed by atoms with van der Waals surface area (Å²) in [5.74, 6) is 0.0568. The van der Waals surface area contributed by atoms with Crippen LogP contribution in [-0.4, -0.2) is 30.1 Å². The number of thiazole rings is 1. The van der Waals surface area contributed by atoms with Crippen LogP contribution in [0.15, 0.2) is 0 Å². The predicted octanol–water partition coefficient (Wildman–Crippen LogP) is 2.34. The molecule has 1 fully saturated rings. The van der Waals surface area contributed by atoms with Crippen LogP contribution in [0, 0.1) is 10.9 Å². The third kappa shape index (κ3) is 3.90. The molecular formula is C12H18N2O2S2. The zero-order chi connectivity index (χ0) is 13.0. The van der Waals surface area contributed by atoms with Crippen molar-refractivity contribution in [1.29, 1.82) is 0 Å². The van der Waals surface area contributed by atoms with Gasteiger partial charge in [-0.2, -0.15) is 0 Å². The average Bonchev–Trinajstić information content (AvgIpc) is 2.90. The standard InChI is InChI=1S/C12H18N2O2S2/c1-8-10(18-12(17)14-8)7-11(15)13-5-4-9-3-2-6-16-9/h9H,2-7H2,1H3,(H,13,15)(H,14,17)/t9-/m0/s1. The Morgan fingerprint density at radius 3 is 3.11 bits per heavy atom. The third-order valence-electron chi connectivity index (χ3n) is 3.06. The smallest absolute Gasteiger partial charge is 0.225 e. The fourth-order valence-corrected chi connectivity index (χ4v) is 3.35. The van der Waals surface area contributed by atoms with Crippen LogP contribution >= 0.6 is 23.6 Å². The second-order valence-corrected chi connectivity index (χ2v) is 6.28. The molecule has 0 saturated carbocycles. The van der Waals surface area contributed by atoms with Crippen molar-refractivity contribution in [3.63, 3.8) is 0 Å². The van der Waals surface area contributed by atoms with Crippen molar-refractivity contribution in [2.45, 2.75) is 38.7 Å². The summed E-state index contributed by atoms with van der Waals surface area (Å²) in [6.45, 7) is 3.50. The van der Waals surface area contributed by atoms with Crippen LogP contribution in [0.1, 0.15) is 29.8 Å². The maximum atomic E-state index is 11.8. The molecule has 0 bridgehead atoms. The summed E-state index contributed by atoms with van der Waals surface area (Å²) in [5.41, 5.74) is 0.999. The van der Waals surface area contributed by atoms with Gasteiger partial charge in [0.15, 0.2) is 3.95 Å². The maximum absolute atomic E-state index is 11.8. The lowest BCUT2D eigenvalue weighted by Crippen LogP contribution is -2.28. The number of aryl methyl sites for hydroxylation is 1. The second-order valence-electron chi connectivity index (χ2n) is 4.51. The normalized spacial score (nSPS) is 19.1. The molecule has 0 aromatic carbocycles. The highest BCUT2D eigenvalue weighted by Crippen LogP contribution is 2.16. The summed E-state index contributed by atoms with van der Waals surface area (Å²) < 4.78 is 6.24. The van der Waals surface area contributed by atoms with Crippen molar-refractivity contribution in [1.82, 2.24) is 10.3 Å². The first kappa shape index (κ1) is 13.7. The first-order chi connectivity index (χ1) is 8.65. The number of carbonyl (C=O) groups is 1. The van der Waals surface area contributed by atoms with Gasteiger partial charge in [0.05, 0.1) is 12.5 Å². The van der Waals surface area contributed by atoms with Gasteiger partial charge in [0.2, 0.25) is 5.91 Å². The molecule has 0 unspecified atom stereocenters. The molecule has 2 N–H and O–H groups in total. The van der Waals surface area contributed by atoms with Gasteiger partial charge >= 0.3 is 0 Å². The summed E-state index contributed by atoms with van der Waals surface area (Å²) >= 11 is 6.52. The SMILES string of the molecule is Cc1[nH]c(=S)sc1CC(=O)NCC[C@@H]1CCCO1. The number of nitrogens with one attached hydrogen (secondary N) is 2. The van der Waals surface area contributed by atoms with E-state index in [1.165, 1.54) is 11.3 Å². The van der Waals surface area contributed by atoms with Gasteiger partial charge in [-0.25, -0.2) is 0 Å². The van der Waals surface area contributed by atoms with Crippen LogP contribution in [0.5, 0.6) is 0 Å². The van der Waals surface area contributed by atoms with E-state index in [0.29, 0.717) is 19.1 Å². The molecule has 18 heavy (non-hydrogen) atoms. The predicted molar refractivity (Wildman–Crippen MR) is 74.5 cm³/mol. The molecule has 2 rings (SSSR count). The number of amides is 1. The summed E-state index contributed by atoms with van der Waals surface area (Å²) in [6, 6.07) is 0. The van der Waals surface area contributed by atoms with Gasteiger partial charge in [0.1, 0.15) is 0 Å². The minimum Gasteiger partial charge on any atom is -0.378 e. The Morgan fingerprint density at radius 1 is 1.67 bits per heavy atom. The van der Waals surface area contributed by atoms with Gasteiger partial charge in [-0.3, -0.25) is 4.79 Å². The van der Waals surface area contributed by atoms with E-state index >= 15 is 0 Å². The van der Waals surface area contributed by atoms with Gasteiger partial charge in [-0.15, -0.1) is 11.3 Å². The molecule has 4 nitrogen and oxygen atoms in total. The number of rotatable bonds is 5. The van der Waals surface area contributed by atoms with Crippen molar-refractivity contribution in [3.8, 4) is 0 Å². The van der Waals surface area contributed by atoms with Gasteiger partial charge in [-0.05, 0) is 38.4 Å². The fraction of sp³-hybridized carbons (Fsp3) is 0.667. The molecule has 0 aliphatic carbocycles. The molecule has 1 aliphatic heterocycles. The van der Waals surface area contributed by atoms with E-state index in [0.717, 1.165) is 40.4 Å². The Kier molecular flexibility index (Phi) is 4.91. The van der Waals surface area contributed by atoms with Gasteiger partial charge < -0.3 is 15.0 Å². The average molecular weight is 286 g/mol. The van der Waals surface area contributed by atoms with E-state index in [9.17, 15) is 4.79 Å². The van der Waals surface area contributed by atoms with Crippen molar-refractivity contribution in [3.05, 3.63) is 14.5 Å². The molecule has 1 aromatic heterocycles. The Balaban J connectivity index is 1.71. The van der Waals surface area contributed by atoms with Crippen LogP contribution in [0.3, 0.4) is 0 Å². The minimum absolute atomic E-state index is 0.0568. The lowest BCUT2D eigenvalue weighted by Gasteiger charge is -2.09. The zero-order valence-electron chi connectivity index (χ0n) is 10.5. The minimum atomic E-state index is 0.0568. The molecule has 1 atom stereocenters. The quantitative estimate of drug-likeness (QED) is 0.817. The molecule has 0 radical (unpaired) electrons. The Hall–Kier alpha value is -0.720. The number of carbonyl (C=O) groups excluding carboxylic acids is 1. The van der Waals surface area contributed by atoms with Gasteiger partial charge in [0.25, 0.3) is 0 Å². The van der Waals surface area contributed by atoms with Crippen LogP contribution in [-0.2, 0) is 16.0 Å². The molecule has 1 saturated heterocycles. The van der Waals surface area contributed by atoms with E-state index in [1.54, 1.807) is 0 Å². The number of hydrogen-bond acceptors (Lipinski definition) is 4. The summed E-state index contributed by atoms with van der Waals surface area (Å²) in [6.07, 6.45) is 3.92. The number of ether oxygens (including phenoxy) is 1. The zero-order valence-corrected chi connectivity index (χ0v) is 12.1. The summed E-state index contributed by atoms with van der Waals surface area (Å²) in [5, 5.41) is 2.93. The number of aromatic nitrogens is 1. The summed E-state index contributed by atoms with van der Waals surface area (Å²) in [4.78, 5) is 15.8. The molecule has 100 valence electrons. The lowest BCUT2D eigenvalue weighted by atomic mass is 10.2. The monoisotopic (exact) mass is 286 g/mol. The molecule has 0 spiro atoms. The molecule has 2 heterocycles. The first-order valence-electron chi connectivity index (χ1n) is 6.22. The molecule has 1 aliphatic rings. The van der Waals surface area contributed by atoms with Crippen LogP contribution < -0.4 is 5.32 Å². The van der Waals surface area contributed by atoms with E-state index in [2.05, 4.69) is 10.3 Å². The summed E-state index contributed by atoms with van der Waals surface area (Å²) in [7, 11) is 0. The van der Waals surface area contributed by atoms with E-state index in [1.807, 2.05) is 6.92 Å². The molecule has 6 heteroatoms. The molecule has 1 amide bonds. The Bertz CT molecular complexity index is 461. The van der Waals surface area contributed by atoms with E-state index < -0.39 is 0 Å². The molecule has 1 aromatic rings. The Morgan fingerprint density at radius 2 is 2.50 bits per heavy atom. The van der Waals surface area contributed by atoms with Crippen LogP contribution in [0.2, 0.25) is 0 Å². The maximum Gasteiger partial charge on any atom is 0.225 e. The van der Waals surface area contributed by atoms with Gasteiger partial charge in [0, 0.05) is 23.7 Å². The number of hydrogen-bond donors (Lipinski definition) is 2. The highest BCUT2D eigenvalue weighted by atomic mass is 32.1. The first-order valence-corrected chi connectivity index (χ1v) is 7.44. The van der Waals surface area contributed by atoms with E-state index in [-0.39, 0.29) is 5.91 Å². The highest BCUT2D eigenvalue weighted by molar-refractivity contribution is 7.73. The lowest BCUT2D eigenvalue weighted by molar-refractivity contribution is -0.120. The van der Waals surface area contributed by atoms with E-state index in [4.69, 9.17) is 17.0 Å². The molecular weight excluding hydrogens is 268 g/mol. The number of H-pyrrole nitrogens is 1. The van der Waals surface area contributed by atoms with Crippen molar-refractivity contribution < 1.29 is 9.53 Å². The van der Waals surface area contributed by atoms with Crippen molar-refractivity contribution in [2.75, 3.05) is 13.2 Å². The van der Waals surface area contributed by atoms with Crippen LogP contribution in [0.4, 0.5) is 0 Å².